The van der Waals surface area contributed by atoms with E-state index in [1.807, 2.05) is 0 Å². The van der Waals surface area contributed by atoms with Gasteiger partial charge >= 0.3 is 0 Å². The van der Waals surface area contributed by atoms with Crippen molar-refractivity contribution in [2.24, 2.45) is 5.92 Å². The minimum atomic E-state index is 0.652. The lowest BCUT2D eigenvalue weighted by atomic mass is 9.86. The summed E-state index contributed by atoms with van der Waals surface area (Å²) in [5.74, 6) is 7.49. The van der Waals surface area contributed by atoms with Gasteiger partial charge in [-0.15, -0.1) is 0 Å². The van der Waals surface area contributed by atoms with Crippen molar-refractivity contribution in [1.29, 1.82) is 0 Å². The van der Waals surface area contributed by atoms with Crippen LogP contribution in [0.25, 0.3) is 0 Å². The molecule has 0 bridgehead atoms. The molecule has 0 atom stereocenters. The molecule has 1 saturated carbocycles. The van der Waals surface area contributed by atoms with Crippen LogP contribution in [-0.2, 0) is 0 Å². The molecule has 0 radical (unpaired) electrons. The molecule has 1 fully saturated rings. The lowest BCUT2D eigenvalue weighted by molar-refractivity contribution is 0.346. The Morgan fingerprint density at radius 2 is 1.89 bits per heavy atom. The first-order valence-electron chi connectivity index (χ1n) is 7.60. The maximum atomic E-state index is 3.47. The fourth-order valence-electron chi connectivity index (χ4n) is 2.56. The first-order chi connectivity index (χ1) is 8.76. The van der Waals surface area contributed by atoms with E-state index in [2.05, 4.69) is 43.1 Å². The van der Waals surface area contributed by atoms with E-state index in [9.17, 15) is 0 Å². The Morgan fingerprint density at radius 1 is 1.17 bits per heavy atom. The quantitative estimate of drug-likeness (QED) is 0.576. The van der Waals surface area contributed by atoms with Crippen LogP contribution in [0.5, 0.6) is 0 Å². The van der Waals surface area contributed by atoms with Crippen LogP contribution in [0.1, 0.15) is 51.9 Å². The molecule has 0 aliphatic heterocycles. The van der Waals surface area contributed by atoms with Crippen LogP contribution < -0.4 is 5.32 Å². The van der Waals surface area contributed by atoms with Crippen molar-refractivity contribution in [1.82, 2.24) is 10.2 Å². The number of unbranched alkanes of at least 4 members (excludes halogenated alkanes) is 2. The highest BCUT2D eigenvalue weighted by molar-refractivity contribution is 5.06. The minimum Gasteiger partial charge on any atom is -0.317 e. The van der Waals surface area contributed by atoms with Gasteiger partial charge in [-0.05, 0) is 52.7 Å². The number of hydrogen-bond donors (Lipinski definition) is 1. The zero-order valence-electron chi connectivity index (χ0n) is 12.5. The van der Waals surface area contributed by atoms with Crippen molar-refractivity contribution in [3.63, 3.8) is 0 Å². The van der Waals surface area contributed by atoms with E-state index in [1.165, 1.54) is 51.5 Å². The third-order valence-electron chi connectivity index (χ3n) is 3.93. The van der Waals surface area contributed by atoms with E-state index < -0.39 is 0 Å². The Balaban J connectivity index is 2.13. The second-order valence-corrected chi connectivity index (χ2v) is 5.60. The summed E-state index contributed by atoms with van der Waals surface area (Å²) >= 11 is 0. The van der Waals surface area contributed by atoms with Crippen LogP contribution in [0.3, 0.4) is 0 Å². The maximum Gasteiger partial charge on any atom is 0.0599 e. The molecule has 1 aliphatic carbocycles. The third-order valence-corrected chi connectivity index (χ3v) is 3.93. The topological polar surface area (TPSA) is 15.3 Å². The Hall–Kier alpha value is -0.520. The monoisotopic (exact) mass is 250 g/mol. The maximum absolute atomic E-state index is 3.47. The Morgan fingerprint density at radius 3 is 2.50 bits per heavy atom. The molecule has 0 saturated heterocycles. The molecule has 1 aliphatic rings. The minimum absolute atomic E-state index is 0.652. The molecule has 0 heterocycles. The van der Waals surface area contributed by atoms with Crippen LogP contribution in [0.2, 0.25) is 0 Å². The zero-order chi connectivity index (χ0) is 13.2. The number of nitrogens with zero attached hydrogens (tertiary/aromatic N) is 1. The van der Waals surface area contributed by atoms with Gasteiger partial charge in [0.25, 0.3) is 0 Å². The fraction of sp³-hybridized carbons (Fsp3) is 0.875. The van der Waals surface area contributed by atoms with Crippen molar-refractivity contribution in [3.8, 4) is 11.8 Å². The van der Waals surface area contributed by atoms with Gasteiger partial charge in [0.1, 0.15) is 0 Å². The highest BCUT2D eigenvalue weighted by Crippen LogP contribution is 2.23. The Labute approximate surface area is 114 Å². The molecule has 0 spiro atoms. The molecule has 1 N–H and O–H groups in total. The summed E-state index contributed by atoms with van der Waals surface area (Å²) in [5.41, 5.74) is 0. The molecule has 18 heavy (non-hydrogen) atoms. The summed E-state index contributed by atoms with van der Waals surface area (Å²) in [7, 11) is 4.25. The first-order valence-corrected chi connectivity index (χ1v) is 7.60. The average molecular weight is 250 g/mol. The molecule has 2 heteroatoms. The first kappa shape index (κ1) is 15.5. The van der Waals surface area contributed by atoms with Gasteiger partial charge in [-0.3, -0.25) is 4.90 Å². The van der Waals surface area contributed by atoms with Crippen molar-refractivity contribution < 1.29 is 0 Å². The summed E-state index contributed by atoms with van der Waals surface area (Å²) in [5, 5.41) is 3.37. The molecule has 0 aromatic carbocycles. The predicted octanol–water partition coefficient (Wildman–Crippen LogP) is 2.89. The molecule has 2 nitrogen and oxygen atoms in total. The van der Waals surface area contributed by atoms with Gasteiger partial charge < -0.3 is 5.32 Å². The molecule has 104 valence electrons. The van der Waals surface area contributed by atoms with Crippen LogP contribution >= 0.6 is 0 Å². The molecule has 0 amide bonds. The largest absolute Gasteiger partial charge is 0.317 e. The number of nitrogens with one attached hydrogen (secondary N) is 1. The van der Waals surface area contributed by atoms with Crippen LogP contribution in [0.4, 0.5) is 0 Å². The summed E-state index contributed by atoms with van der Waals surface area (Å²) < 4.78 is 0. The summed E-state index contributed by atoms with van der Waals surface area (Å²) in [6.45, 7) is 4.38. The highest BCUT2D eigenvalue weighted by Gasteiger charge is 2.17. The number of hydrogen-bond acceptors (Lipinski definition) is 2. The molecule has 1 rings (SSSR count). The predicted molar refractivity (Wildman–Crippen MR) is 79.6 cm³/mol. The Kier molecular flexibility index (Phi) is 8.13. The van der Waals surface area contributed by atoms with Crippen molar-refractivity contribution in [2.75, 3.05) is 27.2 Å². The standard InChI is InChI=1S/C16H30N2/c1-4-5-6-13-18(3)14-7-8-15-9-11-16(17-2)12-10-15/h15-17H,4-6,9-14H2,1-3H3. The van der Waals surface area contributed by atoms with E-state index in [4.69, 9.17) is 0 Å². The van der Waals surface area contributed by atoms with Gasteiger partial charge in [0.05, 0.1) is 6.54 Å². The normalized spacial score (nSPS) is 23.8. The molecule has 0 aromatic heterocycles. The zero-order valence-corrected chi connectivity index (χ0v) is 12.5. The van der Waals surface area contributed by atoms with Gasteiger partial charge in [0, 0.05) is 12.0 Å². The summed E-state index contributed by atoms with van der Waals surface area (Å²) in [6, 6.07) is 0.736. The van der Waals surface area contributed by atoms with E-state index in [0.29, 0.717) is 5.92 Å². The molecule has 0 unspecified atom stereocenters. The fourth-order valence-corrected chi connectivity index (χ4v) is 2.56. The second kappa shape index (κ2) is 9.42. The summed E-state index contributed by atoms with van der Waals surface area (Å²) in [4.78, 5) is 2.35. The third kappa shape index (κ3) is 6.42. The van der Waals surface area contributed by atoms with Gasteiger partial charge in [-0.1, -0.05) is 31.6 Å². The van der Waals surface area contributed by atoms with Crippen molar-refractivity contribution >= 4 is 0 Å². The lowest BCUT2D eigenvalue weighted by Crippen LogP contribution is -2.29. The number of rotatable bonds is 6. The molecular weight excluding hydrogens is 220 g/mol. The van der Waals surface area contributed by atoms with Crippen LogP contribution in [-0.4, -0.2) is 38.1 Å². The summed E-state index contributed by atoms with van der Waals surface area (Å²) in [6.07, 6.45) is 9.09. The SMILES string of the molecule is CCCCCN(C)CC#CC1CCC(NC)CC1. The molecular formula is C16H30N2. The van der Waals surface area contributed by atoms with Gasteiger partial charge in [-0.25, -0.2) is 0 Å². The highest BCUT2D eigenvalue weighted by atomic mass is 15.1. The van der Waals surface area contributed by atoms with E-state index in [-0.39, 0.29) is 0 Å². The smallest absolute Gasteiger partial charge is 0.0599 e. The van der Waals surface area contributed by atoms with Crippen LogP contribution in [0, 0.1) is 17.8 Å². The average Bonchev–Trinajstić information content (AvgIpc) is 2.40. The van der Waals surface area contributed by atoms with E-state index in [0.717, 1.165) is 12.6 Å². The lowest BCUT2D eigenvalue weighted by Gasteiger charge is -2.25. The van der Waals surface area contributed by atoms with Crippen LogP contribution in [0.15, 0.2) is 0 Å². The van der Waals surface area contributed by atoms with E-state index >= 15 is 0 Å². The van der Waals surface area contributed by atoms with Gasteiger partial charge in [-0.2, -0.15) is 0 Å². The second-order valence-electron chi connectivity index (χ2n) is 5.60. The van der Waals surface area contributed by atoms with Gasteiger partial charge in [0.15, 0.2) is 0 Å². The van der Waals surface area contributed by atoms with Crippen molar-refractivity contribution in [2.45, 2.75) is 57.9 Å². The molecule has 0 aromatic rings. The van der Waals surface area contributed by atoms with Gasteiger partial charge in [0.2, 0.25) is 0 Å². The Bertz CT molecular complexity index is 256. The van der Waals surface area contributed by atoms with Crippen molar-refractivity contribution in [3.05, 3.63) is 0 Å². The van der Waals surface area contributed by atoms with E-state index in [1.54, 1.807) is 0 Å².